The molecule has 1 aromatic rings. The second-order valence-electron chi connectivity index (χ2n) is 4.11. The van der Waals surface area contributed by atoms with Crippen LogP contribution in [0.4, 0.5) is 0 Å². The zero-order chi connectivity index (χ0) is 14.3. The van der Waals surface area contributed by atoms with Crippen LogP contribution in [0.5, 0.6) is 5.75 Å². The van der Waals surface area contributed by atoms with Crippen LogP contribution in [-0.4, -0.2) is 32.8 Å². The normalized spacial score (nSPS) is 10.1. The molecule has 104 valence electrons. The quantitative estimate of drug-likeness (QED) is 0.618. The van der Waals surface area contributed by atoms with Crippen molar-refractivity contribution in [2.75, 3.05) is 26.9 Å². The van der Waals surface area contributed by atoms with E-state index in [1.54, 1.807) is 18.2 Å². The molecule has 19 heavy (non-hydrogen) atoms. The van der Waals surface area contributed by atoms with Crippen LogP contribution in [0.1, 0.15) is 17.3 Å². The number of amides is 1. The second-order valence-corrected chi connectivity index (χ2v) is 4.55. The predicted molar refractivity (Wildman–Crippen MR) is 76.0 cm³/mol. The lowest BCUT2D eigenvalue weighted by molar-refractivity contribution is 0.0924. The summed E-state index contributed by atoms with van der Waals surface area (Å²) in [5.74, 6) is 0.236. The molecular weight excluding hydrogens is 266 g/mol. The maximum Gasteiger partial charge on any atom is 0.255 e. The van der Waals surface area contributed by atoms with Gasteiger partial charge in [0.1, 0.15) is 5.75 Å². The molecule has 0 saturated heterocycles. The van der Waals surface area contributed by atoms with Crippen LogP contribution in [0.25, 0.3) is 0 Å². The van der Waals surface area contributed by atoms with Gasteiger partial charge in [-0.25, -0.2) is 0 Å². The summed E-state index contributed by atoms with van der Waals surface area (Å²) in [5.41, 5.74) is 1.40. The number of ether oxygens (including phenoxy) is 2. The van der Waals surface area contributed by atoms with Gasteiger partial charge in [-0.05, 0) is 25.1 Å². The first kappa shape index (κ1) is 15.5. The van der Waals surface area contributed by atoms with Gasteiger partial charge in [0, 0.05) is 11.6 Å². The summed E-state index contributed by atoms with van der Waals surface area (Å²) >= 11 is 5.84. The zero-order valence-electron chi connectivity index (χ0n) is 11.2. The van der Waals surface area contributed by atoms with Crippen LogP contribution in [-0.2, 0) is 4.74 Å². The molecule has 0 fully saturated rings. The molecule has 0 aliphatic rings. The number of carbonyl (C=O) groups excluding carboxylic acids is 1. The van der Waals surface area contributed by atoms with Gasteiger partial charge in [0.05, 0.1) is 25.9 Å². The number of carbonyl (C=O) groups is 1. The Hall–Kier alpha value is -1.52. The first-order valence-electron chi connectivity index (χ1n) is 5.88. The molecule has 1 aromatic carbocycles. The van der Waals surface area contributed by atoms with E-state index in [0.29, 0.717) is 36.1 Å². The Bertz CT molecular complexity index is 460. The largest absolute Gasteiger partial charge is 0.496 e. The van der Waals surface area contributed by atoms with Gasteiger partial charge in [0.2, 0.25) is 0 Å². The SMILES string of the molecule is C=C(C)COCCNC(=O)c1ccc(Cl)cc1OC. The Balaban J connectivity index is 2.47. The third kappa shape index (κ3) is 5.32. The topological polar surface area (TPSA) is 47.6 Å². The summed E-state index contributed by atoms with van der Waals surface area (Å²) < 4.78 is 10.4. The minimum Gasteiger partial charge on any atom is -0.496 e. The highest BCUT2D eigenvalue weighted by Crippen LogP contribution is 2.22. The molecule has 0 aromatic heterocycles. The highest BCUT2D eigenvalue weighted by Gasteiger charge is 2.11. The molecule has 1 amide bonds. The Morgan fingerprint density at radius 1 is 1.47 bits per heavy atom. The van der Waals surface area contributed by atoms with Crippen LogP contribution >= 0.6 is 11.6 Å². The standard InChI is InChI=1S/C14H18ClNO3/c1-10(2)9-19-7-6-16-14(17)12-5-4-11(15)8-13(12)18-3/h4-5,8H,1,6-7,9H2,2-3H3,(H,16,17). The van der Waals surface area contributed by atoms with Crippen molar-refractivity contribution >= 4 is 17.5 Å². The number of methoxy groups -OCH3 is 1. The molecule has 0 spiro atoms. The maximum absolute atomic E-state index is 11.9. The molecule has 0 atom stereocenters. The summed E-state index contributed by atoms with van der Waals surface area (Å²) in [6, 6.07) is 4.88. The zero-order valence-corrected chi connectivity index (χ0v) is 11.9. The van der Waals surface area contributed by atoms with Crippen LogP contribution < -0.4 is 10.1 Å². The fourth-order valence-electron chi connectivity index (χ4n) is 1.43. The molecule has 0 heterocycles. The predicted octanol–water partition coefficient (Wildman–Crippen LogP) is 2.67. The number of nitrogens with one attached hydrogen (secondary N) is 1. The fourth-order valence-corrected chi connectivity index (χ4v) is 1.59. The average Bonchev–Trinajstić information content (AvgIpc) is 2.37. The van der Waals surface area contributed by atoms with E-state index in [0.717, 1.165) is 5.57 Å². The summed E-state index contributed by atoms with van der Waals surface area (Å²) in [5, 5.41) is 3.28. The van der Waals surface area contributed by atoms with Crippen molar-refractivity contribution in [2.45, 2.75) is 6.92 Å². The van der Waals surface area contributed by atoms with Gasteiger partial charge in [-0.15, -0.1) is 0 Å². The van der Waals surface area contributed by atoms with Crippen LogP contribution in [0.3, 0.4) is 0 Å². The first-order chi connectivity index (χ1) is 9.04. The number of rotatable bonds is 7. The highest BCUT2D eigenvalue weighted by atomic mass is 35.5. The van der Waals surface area contributed by atoms with E-state index in [2.05, 4.69) is 11.9 Å². The summed E-state index contributed by atoms with van der Waals surface area (Å²) in [4.78, 5) is 11.9. The first-order valence-corrected chi connectivity index (χ1v) is 6.26. The van der Waals surface area contributed by atoms with Crippen LogP contribution in [0.2, 0.25) is 5.02 Å². The van der Waals surface area contributed by atoms with Gasteiger partial charge in [0.25, 0.3) is 5.91 Å². The van der Waals surface area contributed by atoms with Crippen LogP contribution in [0, 0.1) is 0 Å². The molecule has 5 heteroatoms. The average molecular weight is 284 g/mol. The lowest BCUT2D eigenvalue weighted by Crippen LogP contribution is -2.27. The maximum atomic E-state index is 11.9. The molecule has 0 radical (unpaired) electrons. The molecule has 4 nitrogen and oxygen atoms in total. The van der Waals surface area contributed by atoms with Crippen molar-refractivity contribution in [3.05, 3.63) is 40.9 Å². The van der Waals surface area contributed by atoms with Gasteiger partial charge in [-0.1, -0.05) is 23.8 Å². The van der Waals surface area contributed by atoms with E-state index in [-0.39, 0.29) is 5.91 Å². The Labute approximate surface area is 118 Å². The van der Waals surface area contributed by atoms with Crippen molar-refractivity contribution < 1.29 is 14.3 Å². The van der Waals surface area contributed by atoms with Crippen LogP contribution in [0.15, 0.2) is 30.4 Å². The summed E-state index contributed by atoms with van der Waals surface area (Å²) in [6.45, 7) is 6.98. The Morgan fingerprint density at radius 2 is 2.21 bits per heavy atom. The molecule has 0 bridgehead atoms. The van der Waals surface area contributed by atoms with Crippen molar-refractivity contribution in [2.24, 2.45) is 0 Å². The minimum atomic E-state index is -0.215. The van der Waals surface area contributed by atoms with Gasteiger partial charge >= 0.3 is 0 Å². The van der Waals surface area contributed by atoms with E-state index < -0.39 is 0 Å². The molecular formula is C14H18ClNO3. The highest BCUT2D eigenvalue weighted by molar-refractivity contribution is 6.30. The summed E-state index contributed by atoms with van der Waals surface area (Å²) in [6.07, 6.45) is 0. The molecule has 0 unspecified atom stereocenters. The lowest BCUT2D eigenvalue weighted by Gasteiger charge is -2.10. The van der Waals surface area contributed by atoms with E-state index in [4.69, 9.17) is 21.1 Å². The lowest BCUT2D eigenvalue weighted by atomic mass is 10.2. The number of halogens is 1. The van der Waals surface area contributed by atoms with Crippen molar-refractivity contribution in [3.63, 3.8) is 0 Å². The van der Waals surface area contributed by atoms with Gasteiger partial charge in [-0.3, -0.25) is 4.79 Å². The van der Waals surface area contributed by atoms with Crippen molar-refractivity contribution in [1.29, 1.82) is 0 Å². The Morgan fingerprint density at radius 3 is 2.84 bits per heavy atom. The number of benzene rings is 1. The molecule has 0 aliphatic carbocycles. The van der Waals surface area contributed by atoms with E-state index in [9.17, 15) is 4.79 Å². The summed E-state index contributed by atoms with van der Waals surface area (Å²) in [7, 11) is 1.50. The fraction of sp³-hybridized carbons (Fsp3) is 0.357. The minimum absolute atomic E-state index is 0.215. The molecule has 1 rings (SSSR count). The monoisotopic (exact) mass is 283 g/mol. The second kappa shape index (κ2) is 7.81. The number of hydrogen-bond donors (Lipinski definition) is 1. The number of hydrogen-bond acceptors (Lipinski definition) is 3. The van der Waals surface area contributed by atoms with E-state index >= 15 is 0 Å². The molecule has 1 N–H and O–H groups in total. The van der Waals surface area contributed by atoms with Gasteiger partial charge in [0.15, 0.2) is 0 Å². The third-order valence-electron chi connectivity index (χ3n) is 2.29. The smallest absolute Gasteiger partial charge is 0.255 e. The molecule has 0 saturated carbocycles. The molecule has 0 aliphatic heterocycles. The third-order valence-corrected chi connectivity index (χ3v) is 2.52. The van der Waals surface area contributed by atoms with Crippen molar-refractivity contribution in [1.82, 2.24) is 5.32 Å². The van der Waals surface area contributed by atoms with E-state index in [1.807, 2.05) is 6.92 Å². The van der Waals surface area contributed by atoms with Gasteiger partial charge in [-0.2, -0.15) is 0 Å². The van der Waals surface area contributed by atoms with Crippen molar-refractivity contribution in [3.8, 4) is 5.75 Å². The Kier molecular flexibility index (Phi) is 6.39. The van der Waals surface area contributed by atoms with Gasteiger partial charge < -0.3 is 14.8 Å². The van der Waals surface area contributed by atoms with E-state index in [1.165, 1.54) is 7.11 Å².